The van der Waals surface area contributed by atoms with Gasteiger partial charge in [0.05, 0.1) is 39.1 Å². The maximum Gasteiger partial charge on any atom is 0.431 e. The monoisotopic (exact) mass is 449 g/mol. The Bertz CT molecular complexity index is 544. The van der Waals surface area contributed by atoms with Gasteiger partial charge in [-0.15, -0.1) is 0 Å². The molecule has 2 amide bonds. The van der Waals surface area contributed by atoms with Gasteiger partial charge >= 0.3 is 12.1 Å². The number of nitrogens with one attached hydrogen (secondary N) is 2. The SMILES string of the molecule is CC(C)(C)OC(=O)CC[C@@H](N)C(=O)NCCOCCOCCONC(=O)OC(C)(C)C. The van der Waals surface area contributed by atoms with E-state index in [2.05, 4.69) is 10.8 Å². The minimum atomic E-state index is -0.787. The third-order valence-corrected chi connectivity index (χ3v) is 3.22. The van der Waals surface area contributed by atoms with E-state index in [9.17, 15) is 14.4 Å². The van der Waals surface area contributed by atoms with Crippen molar-refractivity contribution in [2.45, 2.75) is 71.6 Å². The molecular formula is C20H39N3O8. The second kappa shape index (κ2) is 15.0. The Balaban J connectivity index is 3.56. The smallest absolute Gasteiger partial charge is 0.431 e. The lowest BCUT2D eigenvalue weighted by molar-refractivity contribution is -0.155. The summed E-state index contributed by atoms with van der Waals surface area (Å²) in [6.45, 7) is 12.3. The lowest BCUT2D eigenvalue weighted by Crippen LogP contribution is -2.42. The summed E-state index contributed by atoms with van der Waals surface area (Å²) in [5.74, 6) is -0.733. The summed E-state index contributed by atoms with van der Waals surface area (Å²) in [7, 11) is 0. The molecule has 0 aliphatic rings. The Morgan fingerprint density at radius 3 is 1.97 bits per heavy atom. The zero-order valence-electron chi connectivity index (χ0n) is 19.6. The Hall–Kier alpha value is -1.95. The Kier molecular flexibility index (Phi) is 14.0. The first kappa shape index (κ1) is 29.1. The number of rotatable bonds is 14. The van der Waals surface area contributed by atoms with Crippen molar-refractivity contribution in [2.75, 3.05) is 39.6 Å². The van der Waals surface area contributed by atoms with E-state index in [4.69, 9.17) is 29.5 Å². The van der Waals surface area contributed by atoms with Crippen LogP contribution in [0.2, 0.25) is 0 Å². The van der Waals surface area contributed by atoms with Gasteiger partial charge in [-0.2, -0.15) is 5.48 Å². The largest absolute Gasteiger partial charge is 0.460 e. The van der Waals surface area contributed by atoms with E-state index in [1.807, 2.05) is 0 Å². The van der Waals surface area contributed by atoms with Crippen molar-refractivity contribution in [3.05, 3.63) is 0 Å². The zero-order chi connectivity index (χ0) is 23.9. The van der Waals surface area contributed by atoms with Gasteiger partial charge in [-0.05, 0) is 48.0 Å². The van der Waals surface area contributed by atoms with Crippen LogP contribution >= 0.6 is 0 Å². The molecule has 0 saturated carbocycles. The summed E-state index contributed by atoms with van der Waals surface area (Å²) in [4.78, 5) is 39.8. The number of nitrogens with two attached hydrogens (primary N) is 1. The van der Waals surface area contributed by atoms with E-state index in [1.54, 1.807) is 41.5 Å². The number of carbonyl (C=O) groups is 3. The van der Waals surface area contributed by atoms with Gasteiger partial charge in [-0.1, -0.05) is 0 Å². The molecule has 0 rings (SSSR count). The molecule has 0 aromatic rings. The lowest BCUT2D eigenvalue weighted by Gasteiger charge is -2.20. The van der Waals surface area contributed by atoms with Crippen LogP contribution in [-0.2, 0) is 33.4 Å². The van der Waals surface area contributed by atoms with Crippen molar-refractivity contribution < 1.29 is 38.2 Å². The van der Waals surface area contributed by atoms with Crippen molar-refractivity contribution in [1.82, 2.24) is 10.8 Å². The van der Waals surface area contributed by atoms with E-state index in [0.29, 0.717) is 26.4 Å². The number of hydrogen-bond acceptors (Lipinski definition) is 9. The average Bonchev–Trinajstić information content (AvgIpc) is 2.61. The van der Waals surface area contributed by atoms with Gasteiger partial charge in [-0.25, -0.2) is 4.79 Å². The molecule has 0 fully saturated rings. The van der Waals surface area contributed by atoms with Crippen LogP contribution in [0.25, 0.3) is 0 Å². The summed E-state index contributed by atoms with van der Waals surface area (Å²) in [5.41, 5.74) is 6.77. The van der Waals surface area contributed by atoms with E-state index >= 15 is 0 Å². The van der Waals surface area contributed by atoms with E-state index in [1.165, 1.54) is 0 Å². The number of hydrogen-bond donors (Lipinski definition) is 3. The molecule has 0 aliphatic heterocycles. The average molecular weight is 450 g/mol. The van der Waals surface area contributed by atoms with Crippen LogP contribution in [0.15, 0.2) is 0 Å². The van der Waals surface area contributed by atoms with Crippen molar-refractivity contribution in [3.63, 3.8) is 0 Å². The third kappa shape index (κ3) is 19.7. The molecule has 0 saturated heterocycles. The van der Waals surface area contributed by atoms with Crippen LogP contribution < -0.4 is 16.5 Å². The van der Waals surface area contributed by atoms with Gasteiger partial charge < -0.3 is 30.0 Å². The van der Waals surface area contributed by atoms with Crippen molar-refractivity contribution in [3.8, 4) is 0 Å². The molecule has 11 heteroatoms. The van der Waals surface area contributed by atoms with Gasteiger partial charge in [0.25, 0.3) is 0 Å². The molecule has 11 nitrogen and oxygen atoms in total. The molecule has 0 aliphatic carbocycles. The Labute approximate surface area is 184 Å². The highest BCUT2D eigenvalue weighted by Crippen LogP contribution is 2.09. The van der Waals surface area contributed by atoms with E-state index in [-0.39, 0.29) is 37.9 Å². The molecule has 0 bridgehead atoms. The summed E-state index contributed by atoms with van der Waals surface area (Å²) >= 11 is 0. The molecule has 0 radical (unpaired) electrons. The number of ether oxygens (including phenoxy) is 4. The van der Waals surface area contributed by atoms with Crippen LogP contribution in [-0.4, -0.2) is 74.8 Å². The summed E-state index contributed by atoms with van der Waals surface area (Å²) in [6, 6.07) is -0.787. The fraction of sp³-hybridized carbons (Fsp3) is 0.850. The number of amides is 2. The highest BCUT2D eigenvalue weighted by atomic mass is 16.7. The minimum Gasteiger partial charge on any atom is -0.460 e. The Morgan fingerprint density at radius 1 is 0.839 bits per heavy atom. The lowest BCUT2D eigenvalue weighted by atomic mass is 10.1. The first-order valence-corrected chi connectivity index (χ1v) is 10.3. The second-order valence-electron chi connectivity index (χ2n) is 8.70. The molecule has 4 N–H and O–H groups in total. The Morgan fingerprint density at radius 2 is 1.39 bits per heavy atom. The third-order valence-electron chi connectivity index (χ3n) is 3.22. The molecule has 182 valence electrons. The van der Waals surface area contributed by atoms with Gasteiger partial charge in [0.2, 0.25) is 5.91 Å². The fourth-order valence-corrected chi connectivity index (χ4v) is 2.01. The highest BCUT2D eigenvalue weighted by Gasteiger charge is 2.19. The summed E-state index contributed by atoms with van der Waals surface area (Å²) < 4.78 is 20.8. The van der Waals surface area contributed by atoms with Crippen molar-refractivity contribution >= 4 is 18.0 Å². The van der Waals surface area contributed by atoms with Crippen molar-refractivity contribution in [1.29, 1.82) is 0 Å². The summed E-state index contributed by atoms with van der Waals surface area (Å²) in [5, 5.41) is 2.65. The predicted molar refractivity (Wildman–Crippen MR) is 113 cm³/mol. The van der Waals surface area contributed by atoms with Crippen LogP contribution in [0, 0.1) is 0 Å². The van der Waals surface area contributed by atoms with Crippen LogP contribution in [0.5, 0.6) is 0 Å². The van der Waals surface area contributed by atoms with Crippen LogP contribution in [0.1, 0.15) is 54.4 Å². The maximum atomic E-state index is 11.9. The van der Waals surface area contributed by atoms with E-state index in [0.717, 1.165) is 0 Å². The topological polar surface area (TPSA) is 147 Å². The molecule has 0 heterocycles. The van der Waals surface area contributed by atoms with Gasteiger partial charge in [0.15, 0.2) is 0 Å². The first-order valence-electron chi connectivity index (χ1n) is 10.3. The zero-order valence-corrected chi connectivity index (χ0v) is 19.6. The van der Waals surface area contributed by atoms with Gasteiger partial charge in [-0.3, -0.25) is 14.4 Å². The van der Waals surface area contributed by atoms with Crippen molar-refractivity contribution in [2.24, 2.45) is 5.73 Å². The number of carbonyl (C=O) groups excluding carboxylic acids is 3. The number of esters is 1. The molecule has 0 spiro atoms. The van der Waals surface area contributed by atoms with Gasteiger partial charge in [0, 0.05) is 13.0 Å². The highest BCUT2D eigenvalue weighted by molar-refractivity contribution is 5.82. The quantitative estimate of drug-likeness (QED) is 0.201. The molecular weight excluding hydrogens is 410 g/mol. The summed E-state index contributed by atoms with van der Waals surface area (Å²) in [6.07, 6.45) is -0.376. The molecule has 1 atom stereocenters. The predicted octanol–water partition coefficient (Wildman–Crippen LogP) is 1.04. The molecule has 0 aromatic carbocycles. The normalized spacial score (nSPS) is 12.7. The van der Waals surface area contributed by atoms with E-state index < -0.39 is 23.3 Å². The first-order chi connectivity index (χ1) is 14.3. The standard InChI is InChI=1S/C20H39N3O8/c1-19(2,3)30-16(24)8-7-15(21)17(25)22-9-10-27-11-12-28-13-14-29-23-18(26)31-20(4,5)6/h15H,7-14,21H2,1-6H3,(H,22,25)(H,23,26)/t15-/m1/s1. The maximum absolute atomic E-state index is 11.9. The van der Waals surface area contributed by atoms with Crippen LogP contribution in [0.4, 0.5) is 4.79 Å². The molecule has 31 heavy (non-hydrogen) atoms. The van der Waals surface area contributed by atoms with Crippen LogP contribution in [0.3, 0.4) is 0 Å². The fourth-order valence-electron chi connectivity index (χ4n) is 2.01. The molecule has 0 unspecified atom stereocenters. The van der Waals surface area contributed by atoms with Gasteiger partial charge in [0.1, 0.15) is 11.2 Å². The second-order valence-corrected chi connectivity index (χ2v) is 8.70. The molecule has 0 aromatic heterocycles. The minimum absolute atomic E-state index is 0.0801. The number of hydroxylamine groups is 1.